The first-order chi connectivity index (χ1) is 13.3. The maximum atomic E-state index is 13.7. The van der Waals surface area contributed by atoms with Crippen LogP contribution in [0.25, 0.3) is 0 Å². The number of hydrogen-bond donors (Lipinski definition) is 3. The second-order valence-corrected chi connectivity index (χ2v) is 6.41. The maximum Gasteiger partial charge on any atom is 0.407 e. The number of aliphatic hydroxyl groups is 1. The first kappa shape index (κ1) is 21.5. The third-order valence-electron chi connectivity index (χ3n) is 3.54. The molecule has 11 heteroatoms. The second-order valence-electron chi connectivity index (χ2n) is 5.61. The Kier molecular flexibility index (Phi) is 7.64. The molecule has 2 rings (SSSR count). The lowest BCUT2D eigenvalue weighted by Crippen LogP contribution is -2.36. The largest absolute Gasteiger partial charge is 0.445 e. The zero-order valence-corrected chi connectivity index (χ0v) is 15.9. The summed E-state index contributed by atoms with van der Waals surface area (Å²) in [5.41, 5.74) is -0.630. The Hall–Kier alpha value is -2.79. The van der Waals surface area contributed by atoms with E-state index in [2.05, 4.69) is 26.6 Å². The van der Waals surface area contributed by atoms with Gasteiger partial charge in [0.2, 0.25) is 5.82 Å². The number of amides is 1. The number of benzene rings is 2. The predicted octanol–water partition coefficient (Wildman–Crippen LogP) is 3.33. The summed E-state index contributed by atoms with van der Waals surface area (Å²) in [4.78, 5) is 21.6. The fraction of sp³-hybridized carbons (Fsp3) is 0.235. The molecule has 0 saturated carbocycles. The van der Waals surface area contributed by atoms with Crippen molar-refractivity contribution in [2.75, 3.05) is 18.4 Å². The molecule has 1 atom stereocenters. The highest BCUT2D eigenvalue weighted by molar-refractivity contribution is 9.10. The summed E-state index contributed by atoms with van der Waals surface area (Å²) >= 11 is 2.81. The third kappa shape index (κ3) is 5.86. The molecule has 2 aromatic rings. The summed E-state index contributed by atoms with van der Waals surface area (Å²) in [5, 5.41) is 25.6. The molecule has 0 aliphatic carbocycles. The third-order valence-corrected chi connectivity index (χ3v) is 4.31. The molecule has 2 aromatic carbocycles. The summed E-state index contributed by atoms with van der Waals surface area (Å²) < 4.78 is 31.9. The average Bonchev–Trinajstić information content (AvgIpc) is 2.66. The highest BCUT2D eigenvalue weighted by Crippen LogP contribution is 2.36. The maximum absolute atomic E-state index is 13.7. The molecule has 0 heterocycles. The number of carbonyl (C=O) groups is 1. The molecule has 0 aliphatic heterocycles. The van der Waals surface area contributed by atoms with Gasteiger partial charge in [-0.1, -0.05) is 30.3 Å². The Morgan fingerprint density at radius 1 is 1.25 bits per heavy atom. The van der Waals surface area contributed by atoms with Crippen LogP contribution in [0.5, 0.6) is 0 Å². The number of halogens is 3. The van der Waals surface area contributed by atoms with E-state index < -0.39 is 40.1 Å². The lowest BCUT2D eigenvalue weighted by Gasteiger charge is -2.15. The van der Waals surface area contributed by atoms with Gasteiger partial charge in [0.1, 0.15) is 18.1 Å². The SMILES string of the molecule is O=C(NCC(O)CNc1c(Br)c(F)cc(F)c1[N+](=O)[O-])OCc1ccccc1. The molecule has 150 valence electrons. The Bertz CT molecular complexity index is 854. The molecule has 8 nitrogen and oxygen atoms in total. The summed E-state index contributed by atoms with van der Waals surface area (Å²) in [6.45, 7) is -0.520. The van der Waals surface area contributed by atoms with Crippen molar-refractivity contribution >= 4 is 33.4 Å². The van der Waals surface area contributed by atoms with Crippen LogP contribution in [0.1, 0.15) is 5.56 Å². The topological polar surface area (TPSA) is 114 Å². The van der Waals surface area contributed by atoms with Crippen LogP contribution in [0.3, 0.4) is 0 Å². The van der Waals surface area contributed by atoms with Gasteiger partial charge in [-0.25, -0.2) is 9.18 Å². The lowest BCUT2D eigenvalue weighted by atomic mass is 10.2. The number of nitro benzene ring substituents is 1. The molecule has 3 N–H and O–H groups in total. The van der Waals surface area contributed by atoms with Crippen LogP contribution in [-0.4, -0.2) is 35.3 Å². The minimum Gasteiger partial charge on any atom is -0.445 e. The van der Waals surface area contributed by atoms with Crippen LogP contribution in [0.2, 0.25) is 0 Å². The van der Waals surface area contributed by atoms with Crippen molar-refractivity contribution in [3.05, 3.63) is 68.2 Å². The van der Waals surface area contributed by atoms with Gasteiger partial charge in [0.25, 0.3) is 0 Å². The van der Waals surface area contributed by atoms with Crippen LogP contribution in [0.4, 0.5) is 25.0 Å². The van der Waals surface area contributed by atoms with Gasteiger partial charge in [0.05, 0.1) is 15.5 Å². The van der Waals surface area contributed by atoms with Crippen molar-refractivity contribution < 1.29 is 28.3 Å². The van der Waals surface area contributed by atoms with Gasteiger partial charge in [0.15, 0.2) is 0 Å². The molecule has 0 aromatic heterocycles. The molecule has 1 unspecified atom stereocenters. The fourth-order valence-electron chi connectivity index (χ4n) is 2.19. The first-order valence-electron chi connectivity index (χ1n) is 7.98. The van der Waals surface area contributed by atoms with Crippen LogP contribution >= 0.6 is 15.9 Å². The number of alkyl carbamates (subject to hydrolysis) is 1. The Morgan fingerprint density at radius 2 is 1.93 bits per heavy atom. The molecule has 0 fully saturated rings. The summed E-state index contributed by atoms with van der Waals surface area (Å²) in [5.74, 6) is -2.40. The Balaban J connectivity index is 1.86. The number of anilines is 1. The molecule has 28 heavy (non-hydrogen) atoms. The highest BCUT2D eigenvalue weighted by atomic mass is 79.9. The van der Waals surface area contributed by atoms with Crippen molar-refractivity contribution in [3.63, 3.8) is 0 Å². The van der Waals surface area contributed by atoms with Crippen molar-refractivity contribution in [1.29, 1.82) is 0 Å². The lowest BCUT2D eigenvalue weighted by molar-refractivity contribution is -0.386. The van der Waals surface area contributed by atoms with E-state index in [-0.39, 0.29) is 24.2 Å². The minimum atomic E-state index is -1.36. The number of nitro groups is 1. The van der Waals surface area contributed by atoms with E-state index in [0.29, 0.717) is 6.07 Å². The van der Waals surface area contributed by atoms with Gasteiger partial charge in [-0.05, 0) is 21.5 Å². The van der Waals surface area contributed by atoms with Crippen molar-refractivity contribution in [2.24, 2.45) is 0 Å². The van der Waals surface area contributed by atoms with E-state index >= 15 is 0 Å². The molecule has 0 bridgehead atoms. The highest BCUT2D eigenvalue weighted by Gasteiger charge is 2.26. The molecule has 1 amide bonds. The van der Waals surface area contributed by atoms with E-state index in [4.69, 9.17) is 4.74 Å². The Morgan fingerprint density at radius 3 is 2.57 bits per heavy atom. The number of nitrogens with one attached hydrogen (secondary N) is 2. The standard InChI is InChI=1S/C17H16BrF2N3O5/c18-14-12(19)6-13(20)16(23(26)27)15(14)21-7-11(24)8-22-17(25)28-9-10-4-2-1-3-5-10/h1-6,11,21,24H,7-9H2,(H,22,25). The molecule has 0 saturated heterocycles. The number of carbonyl (C=O) groups excluding carboxylic acids is 1. The summed E-state index contributed by atoms with van der Waals surface area (Å²) in [7, 11) is 0. The quantitative estimate of drug-likeness (QED) is 0.317. The molecule has 0 aliphatic rings. The summed E-state index contributed by atoms with van der Waals surface area (Å²) in [6, 6.07) is 9.33. The van der Waals surface area contributed by atoms with Gasteiger partial charge in [-0.3, -0.25) is 10.1 Å². The van der Waals surface area contributed by atoms with E-state index in [1.807, 2.05) is 6.07 Å². The zero-order chi connectivity index (χ0) is 20.7. The molecular weight excluding hydrogens is 444 g/mol. The number of nitrogens with zero attached hydrogens (tertiary/aromatic N) is 1. The predicted molar refractivity (Wildman–Crippen MR) is 99.8 cm³/mol. The van der Waals surface area contributed by atoms with Gasteiger partial charge < -0.3 is 20.5 Å². The molecule has 0 radical (unpaired) electrons. The monoisotopic (exact) mass is 459 g/mol. The van der Waals surface area contributed by atoms with E-state index in [1.165, 1.54) is 0 Å². The number of ether oxygens (including phenoxy) is 1. The molecular formula is C17H16BrF2N3O5. The smallest absolute Gasteiger partial charge is 0.407 e. The van der Waals surface area contributed by atoms with Gasteiger partial charge in [-0.2, -0.15) is 4.39 Å². The van der Waals surface area contributed by atoms with Crippen molar-refractivity contribution in [3.8, 4) is 0 Å². The molecule has 0 spiro atoms. The minimum absolute atomic E-state index is 0.0444. The number of aliphatic hydroxyl groups excluding tert-OH is 1. The van der Waals surface area contributed by atoms with Crippen LogP contribution in [-0.2, 0) is 11.3 Å². The number of rotatable bonds is 8. The zero-order valence-electron chi connectivity index (χ0n) is 14.3. The van der Waals surface area contributed by atoms with Gasteiger partial charge in [-0.15, -0.1) is 0 Å². The van der Waals surface area contributed by atoms with E-state index in [9.17, 15) is 28.8 Å². The average molecular weight is 460 g/mol. The van der Waals surface area contributed by atoms with Crippen molar-refractivity contribution in [2.45, 2.75) is 12.7 Å². The van der Waals surface area contributed by atoms with Crippen LogP contribution in [0.15, 0.2) is 40.9 Å². The van der Waals surface area contributed by atoms with Crippen LogP contribution in [0, 0.1) is 21.7 Å². The normalized spacial score (nSPS) is 11.6. The summed E-state index contributed by atoms with van der Waals surface area (Å²) in [6.07, 6.45) is -1.98. The van der Waals surface area contributed by atoms with E-state index in [1.54, 1.807) is 24.3 Å². The first-order valence-corrected chi connectivity index (χ1v) is 8.77. The second kappa shape index (κ2) is 9.95. The van der Waals surface area contributed by atoms with Crippen molar-refractivity contribution in [1.82, 2.24) is 5.32 Å². The fourth-order valence-corrected chi connectivity index (χ4v) is 2.64. The number of hydrogen-bond acceptors (Lipinski definition) is 6. The van der Waals surface area contributed by atoms with Crippen LogP contribution < -0.4 is 10.6 Å². The van der Waals surface area contributed by atoms with E-state index in [0.717, 1.165) is 5.56 Å². The van der Waals surface area contributed by atoms with Gasteiger partial charge >= 0.3 is 11.8 Å². The Labute approximate surface area is 166 Å². The van der Waals surface area contributed by atoms with Gasteiger partial charge in [0, 0.05) is 19.2 Å².